The Kier molecular flexibility index (Phi) is 6.20. The van der Waals surface area contributed by atoms with Crippen LogP contribution in [0.15, 0.2) is 47.5 Å². The van der Waals surface area contributed by atoms with Crippen molar-refractivity contribution >= 4 is 49.9 Å². The van der Waals surface area contributed by atoms with E-state index in [0.29, 0.717) is 21.7 Å². The molecule has 1 aliphatic rings. The number of ether oxygens (including phenoxy) is 2. The highest BCUT2D eigenvalue weighted by Crippen LogP contribution is 2.36. The molecule has 0 saturated carbocycles. The molecule has 9 nitrogen and oxygen atoms in total. The molecule has 2 aromatic carbocycles. The van der Waals surface area contributed by atoms with Gasteiger partial charge in [0.1, 0.15) is 10.6 Å². The highest BCUT2D eigenvalue weighted by Gasteiger charge is 2.30. The second-order valence-corrected chi connectivity index (χ2v) is 9.36. The first-order chi connectivity index (χ1) is 15.3. The zero-order valence-electron chi connectivity index (χ0n) is 17.0. The fourth-order valence-corrected chi connectivity index (χ4v) is 5.15. The van der Waals surface area contributed by atoms with Crippen LogP contribution in [0.4, 0.5) is 11.4 Å². The molecule has 0 aliphatic carbocycles. The van der Waals surface area contributed by atoms with E-state index in [1.54, 1.807) is 24.3 Å². The Hall–Kier alpha value is -2.92. The van der Waals surface area contributed by atoms with Crippen LogP contribution in [0.25, 0.3) is 10.9 Å². The van der Waals surface area contributed by atoms with Crippen molar-refractivity contribution in [1.29, 1.82) is 0 Å². The quantitative estimate of drug-likeness (QED) is 0.554. The van der Waals surface area contributed by atoms with Crippen LogP contribution in [0.3, 0.4) is 0 Å². The summed E-state index contributed by atoms with van der Waals surface area (Å²) in [4.78, 5) is 16.1. The van der Waals surface area contributed by atoms with E-state index in [4.69, 9.17) is 21.1 Å². The largest absolute Gasteiger partial charge is 0.497 e. The number of rotatable bonds is 6. The number of carboxylic acid groups (broad SMARTS) is 1. The molecule has 2 heterocycles. The number of fused-ring (bicyclic) bond motifs is 1. The van der Waals surface area contributed by atoms with Gasteiger partial charge in [0.2, 0.25) is 10.0 Å². The lowest BCUT2D eigenvalue weighted by molar-refractivity contribution is 0.0697. The summed E-state index contributed by atoms with van der Waals surface area (Å²) in [5.74, 6) is -0.836. The van der Waals surface area contributed by atoms with E-state index in [2.05, 4.69) is 10.3 Å². The van der Waals surface area contributed by atoms with Crippen LogP contribution < -0.4 is 10.1 Å². The lowest BCUT2D eigenvalue weighted by Gasteiger charge is -2.27. The molecule has 4 rings (SSSR count). The van der Waals surface area contributed by atoms with Gasteiger partial charge in [0.15, 0.2) is 0 Å². The second kappa shape index (κ2) is 8.91. The standard InChI is InChI=1S/C21H20ClN3O6S/c1-30-14-3-5-18(16(11-14)21(26)27)24-20-15-10-13(22)2-4-17(15)23-12-19(20)32(28,29)25-6-8-31-9-7-25/h2-5,10-12H,6-9H2,1H3,(H,23,24)(H,26,27). The third kappa shape index (κ3) is 4.22. The molecule has 0 amide bonds. The number of nitrogens with one attached hydrogen (secondary N) is 1. The number of carboxylic acids is 1. The normalized spacial score (nSPS) is 14.9. The summed E-state index contributed by atoms with van der Waals surface area (Å²) in [7, 11) is -2.52. The average molecular weight is 478 g/mol. The van der Waals surface area contributed by atoms with Gasteiger partial charge in [-0.2, -0.15) is 4.31 Å². The maximum atomic E-state index is 13.5. The van der Waals surface area contributed by atoms with Crippen LogP contribution in [0, 0.1) is 0 Å². The first-order valence-electron chi connectivity index (χ1n) is 9.66. The summed E-state index contributed by atoms with van der Waals surface area (Å²) in [6, 6.07) is 9.37. The number of anilines is 2. The number of hydrogen-bond acceptors (Lipinski definition) is 7. The third-order valence-electron chi connectivity index (χ3n) is 5.10. The van der Waals surface area contributed by atoms with Gasteiger partial charge in [-0.25, -0.2) is 13.2 Å². The van der Waals surface area contributed by atoms with Gasteiger partial charge in [0, 0.05) is 29.7 Å². The number of pyridine rings is 1. The predicted molar refractivity (Wildman–Crippen MR) is 120 cm³/mol. The Labute approximate surface area is 189 Å². The summed E-state index contributed by atoms with van der Waals surface area (Å²) < 4.78 is 38.7. The molecule has 2 N–H and O–H groups in total. The molecular formula is C21H20ClN3O6S. The number of benzene rings is 2. The topological polar surface area (TPSA) is 118 Å². The molecule has 32 heavy (non-hydrogen) atoms. The first kappa shape index (κ1) is 22.3. The molecule has 3 aromatic rings. The Morgan fingerprint density at radius 2 is 1.97 bits per heavy atom. The molecule has 168 valence electrons. The minimum atomic E-state index is -3.95. The monoisotopic (exact) mass is 477 g/mol. The van der Waals surface area contributed by atoms with Crippen molar-refractivity contribution in [3.8, 4) is 5.75 Å². The van der Waals surface area contributed by atoms with Gasteiger partial charge in [-0.15, -0.1) is 0 Å². The molecule has 0 atom stereocenters. The summed E-state index contributed by atoms with van der Waals surface area (Å²) in [5.41, 5.74) is 0.815. The van der Waals surface area contributed by atoms with Crippen LogP contribution in [0.2, 0.25) is 5.02 Å². The maximum Gasteiger partial charge on any atom is 0.337 e. The number of aromatic nitrogens is 1. The van der Waals surface area contributed by atoms with Gasteiger partial charge in [-0.3, -0.25) is 4.98 Å². The van der Waals surface area contributed by atoms with Gasteiger partial charge in [0.25, 0.3) is 0 Å². The SMILES string of the molecule is COc1ccc(Nc2c(S(=O)(=O)N3CCOCC3)cnc3ccc(Cl)cc23)c(C(=O)O)c1. The van der Waals surface area contributed by atoms with Crippen LogP contribution in [-0.4, -0.2) is 62.2 Å². The molecular weight excluding hydrogens is 458 g/mol. The molecule has 1 fully saturated rings. The number of hydrogen-bond donors (Lipinski definition) is 2. The highest BCUT2D eigenvalue weighted by atomic mass is 35.5. The summed E-state index contributed by atoms with van der Waals surface area (Å²) in [5, 5.41) is 13.5. The second-order valence-electron chi connectivity index (χ2n) is 7.02. The smallest absolute Gasteiger partial charge is 0.337 e. The van der Waals surface area contributed by atoms with Crippen molar-refractivity contribution in [2.75, 3.05) is 38.7 Å². The predicted octanol–water partition coefficient (Wildman–Crippen LogP) is 3.36. The van der Waals surface area contributed by atoms with Crippen LogP contribution in [0.1, 0.15) is 10.4 Å². The van der Waals surface area contributed by atoms with Gasteiger partial charge in [0.05, 0.1) is 42.8 Å². The van der Waals surface area contributed by atoms with E-state index in [1.807, 2.05) is 0 Å². The molecule has 0 spiro atoms. The fraction of sp³-hybridized carbons (Fsp3) is 0.238. The van der Waals surface area contributed by atoms with Crippen molar-refractivity contribution in [2.45, 2.75) is 4.90 Å². The van der Waals surface area contributed by atoms with Crippen molar-refractivity contribution in [1.82, 2.24) is 9.29 Å². The minimum absolute atomic E-state index is 0.0777. The van der Waals surface area contributed by atoms with Crippen LogP contribution in [0.5, 0.6) is 5.75 Å². The van der Waals surface area contributed by atoms with E-state index < -0.39 is 16.0 Å². The third-order valence-corrected chi connectivity index (χ3v) is 7.25. The van der Waals surface area contributed by atoms with E-state index in [1.165, 1.54) is 29.7 Å². The molecule has 0 unspecified atom stereocenters. The van der Waals surface area contributed by atoms with Crippen molar-refractivity contribution in [2.24, 2.45) is 0 Å². The summed E-state index contributed by atoms with van der Waals surface area (Å²) in [6.07, 6.45) is 1.27. The van der Waals surface area contributed by atoms with Crippen molar-refractivity contribution in [3.63, 3.8) is 0 Å². The zero-order chi connectivity index (χ0) is 22.9. The van der Waals surface area contributed by atoms with E-state index in [0.717, 1.165) is 0 Å². The van der Waals surface area contributed by atoms with Gasteiger partial charge < -0.3 is 19.9 Å². The fourth-order valence-electron chi connectivity index (χ4n) is 3.47. The number of morpholine rings is 1. The zero-order valence-corrected chi connectivity index (χ0v) is 18.6. The van der Waals surface area contributed by atoms with Gasteiger partial charge >= 0.3 is 5.97 Å². The van der Waals surface area contributed by atoms with Gasteiger partial charge in [-0.1, -0.05) is 11.6 Å². The Morgan fingerprint density at radius 3 is 2.66 bits per heavy atom. The number of methoxy groups -OCH3 is 1. The van der Waals surface area contributed by atoms with Crippen molar-refractivity contribution < 1.29 is 27.8 Å². The number of carbonyl (C=O) groups is 1. The molecule has 0 bridgehead atoms. The van der Waals surface area contributed by atoms with E-state index in [9.17, 15) is 18.3 Å². The molecule has 0 radical (unpaired) electrons. The van der Waals surface area contributed by atoms with Crippen LogP contribution >= 0.6 is 11.6 Å². The maximum absolute atomic E-state index is 13.5. The Balaban J connectivity index is 1.92. The van der Waals surface area contributed by atoms with E-state index >= 15 is 0 Å². The lowest BCUT2D eigenvalue weighted by Crippen LogP contribution is -2.40. The minimum Gasteiger partial charge on any atom is -0.497 e. The Bertz CT molecular complexity index is 1290. The lowest BCUT2D eigenvalue weighted by atomic mass is 10.1. The molecule has 11 heteroatoms. The van der Waals surface area contributed by atoms with Crippen LogP contribution in [-0.2, 0) is 14.8 Å². The summed E-state index contributed by atoms with van der Waals surface area (Å²) >= 11 is 6.19. The number of halogens is 1. The molecule has 1 aliphatic heterocycles. The molecule has 1 aromatic heterocycles. The Morgan fingerprint density at radius 1 is 1.22 bits per heavy atom. The number of nitrogens with zero attached hydrogens (tertiary/aromatic N) is 2. The average Bonchev–Trinajstić information content (AvgIpc) is 2.80. The highest BCUT2D eigenvalue weighted by molar-refractivity contribution is 7.89. The summed E-state index contributed by atoms with van der Waals surface area (Å²) in [6.45, 7) is 0.990. The number of sulfonamides is 1. The van der Waals surface area contributed by atoms with E-state index in [-0.39, 0.29) is 48.1 Å². The molecule has 1 saturated heterocycles. The van der Waals surface area contributed by atoms with Crippen molar-refractivity contribution in [3.05, 3.63) is 53.2 Å². The van der Waals surface area contributed by atoms with Gasteiger partial charge in [-0.05, 0) is 36.4 Å². The number of aromatic carboxylic acids is 1. The first-order valence-corrected chi connectivity index (χ1v) is 11.5.